The predicted octanol–water partition coefficient (Wildman–Crippen LogP) is 2.79. The second kappa shape index (κ2) is 6.07. The first-order chi connectivity index (χ1) is 9.11. The molecule has 1 aromatic carbocycles. The maximum absolute atomic E-state index is 12.1. The van der Waals surface area contributed by atoms with Gasteiger partial charge in [0.05, 0.1) is 0 Å². The van der Waals surface area contributed by atoms with Crippen LogP contribution in [0.5, 0.6) is 0 Å². The van der Waals surface area contributed by atoms with E-state index in [2.05, 4.69) is 10.6 Å². The minimum atomic E-state index is -0.568. The lowest BCUT2D eigenvalue weighted by atomic mass is 9.95. The molecule has 0 bridgehead atoms. The summed E-state index contributed by atoms with van der Waals surface area (Å²) in [6, 6.07) is 5.31. The molecule has 0 unspecified atom stereocenters. The Kier molecular flexibility index (Phi) is 4.93. The summed E-state index contributed by atoms with van der Waals surface area (Å²) in [5.74, 6) is -0.350. The fraction of sp³-hybridized carbons (Fsp3) is 0.500. The van der Waals surface area contributed by atoms with Crippen molar-refractivity contribution in [3.63, 3.8) is 0 Å². The maximum atomic E-state index is 12.1. The summed E-state index contributed by atoms with van der Waals surface area (Å²) in [5.41, 5.74) is 2.36. The molecule has 0 heterocycles. The molecule has 0 aromatic heterocycles. The Labute approximate surface area is 121 Å². The number of benzene rings is 1. The summed E-state index contributed by atoms with van der Waals surface area (Å²) in [7, 11) is 0. The number of carbonyl (C=O) groups excluding carboxylic acids is 2. The van der Waals surface area contributed by atoms with E-state index in [0.29, 0.717) is 0 Å². The summed E-state index contributed by atoms with van der Waals surface area (Å²) in [6.45, 7) is 11.0. The second-order valence-corrected chi connectivity index (χ2v) is 6.25. The van der Waals surface area contributed by atoms with Crippen LogP contribution in [0.1, 0.15) is 38.8 Å². The van der Waals surface area contributed by atoms with Gasteiger partial charge >= 0.3 is 0 Å². The third kappa shape index (κ3) is 4.37. The molecule has 0 spiro atoms. The molecule has 0 saturated carbocycles. The van der Waals surface area contributed by atoms with Crippen molar-refractivity contribution < 1.29 is 9.59 Å². The largest absolute Gasteiger partial charge is 0.344 e. The fourth-order valence-corrected chi connectivity index (χ4v) is 1.59. The van der Waals surface area contributed by atoms with E-state index in [1.54, 1.807) is 6.92 Å². The van der Waals surface area contributed by atoms with Gasteiger partial charge in [-0.1, -0.05) is 32.9 Å². The third-order valence-corrected chi connectivity index (χ3v) is 3.07. The van der Waals surface area contributed by atoms with Crippen LogP contribution in [0.2, 0.25) is 0 Å². The molecule has 0 aliphatic carbocycles. The Hall–Kier alpha value is -1.84. The highest BCUT2D eigenvalue weighted by atomic mass is 16.2. The van der Waals surface area contributed by atoms with Crippen LogP contribution in [0.25, 0.3) is 0 Å². The van der Waals surface area contributed by atoms with Crippen LogP contribution in [-0.2, 0) is 9.59 Å². The van der Waals surface area contributed by atoms with Crippen molar-refractivity contribution in [2.75, 3.05) is 5.32 Å². The summed E-state index contributed by atoms with van der Waals surface area (Å²) in [5, 5.41) is 5.58. The maximum Gasteiger partial charge on any atom is 0.246 e. The molecule has 0 aliphatic heterocycles. The Bertz CT molecular complexity index is 516. The lowest BCUT2D eigenvalue weighted by Crippen LogP contribution is -2.46. The third-order valence-electron chi connectivity index (χ3n) is 3.07. The van der Waals surface area contributed by atoms with Crippen molar-refractivity contribution in [3.05, 3.63) is 29.3 Å². The zero-order valence-corrected chi connectivity index (χ0v) is 13.1. The highest BCUT2D eigenvalue weighted by Gasteiger charge is 2.25. The van der Waals surface area contributed by atoms with Crippen molar-refractivity contribution in [1.82, 2.24) is 5.32 Å². The standard InChI is InChI=1S/C16H24N2O2/c1-10-7-8-11(2)13(9-10)18-14(19)12(3)17-15(20)16(4,5)6/h7-9,12H,1-6H3,(H,17,20)(H,18,19)/t12-/m1/s1. The van der Waals surface area contributed by atoms with Crippen LogP contribution in [-0.4, -0.2) is 17.9 Å². The molecule has 0 fully saturated rings. The highest BCUT2D eigenvalue weighted by Crippen LogP contribution is 2.17. The first kappa shape index (κ1) is 16.2. The van der Waals surface area contributed by atoms with E-state index >= 15 is 0 Å². The van der Waals surface area contributed by atoms with Gasteiger partial charge in [-0.3, -0.25) is 9.59 Å². The van der Waals surface area contributed by atoms with Crippen LogP contribution in [0.15, 0.2) is 18.2 Å². The topological polar surface area (TPSA) is 58.2 Å². The number of aryl methyl sites for hydroxylation is 2. The van der Waals surface area contributed by atoms with Gasteiger partial charge in [-0.25, -0.2) is 0 Å². The van der Waals surface area contributed by atoms with Crippen molar-refractivity contribution in [2.24, 2.45) is 5.41 Å². The predicted molar refractivity (Wildman–Crippen MR) is 81.6 cm³/mol. The zero-order chi connectivity index (χ0) is 15.5. The Morgan fingerprint density at radius 2 is 1.75 bits per heavy atom. The molecule has 0 saturated heterocycles. The van der Waals surface area contributed by atoms with Gasteiger partial charge in [-0.2, -0.15) is 0 Å². The van der Waals surface area contributed by atoms with E-state index in [9.17, 15) is 9.59 Å². The SMILES string of the molecule is Cc1ccc(C)c(NC(=O)[C@@H](C)NC(=O)C(C)(C)C)c1. The van der Waals surface area contributed by atoms with Crippen LogP contribution in [0, 0.1) is 19.3 Å². The summed E-state index contributed by atoms with van der Waals surface area (Å²) >= 11 is 0. The fourth-order valence-electron chi connectivity index (χ4n) is 1.59. The summed E-state index contributed by atoms with van der Waals surface area (Å²) in [6.07, 6.45) is 0. The lowest BCUT2D eigenvalue weighted by Gasteiger charge is -2.21. The average molecular weight is 276 g/mol. The van der Waals surface area contributed by atoms with Gasteiger partial charge < -0.3 is 10.6 Å². The smallest absolute Gasteiger partial charge is 0.246 e. The van der Waals surface area contributed by atoms with Crippen molar-refractivity contribution in [3.8, 4) is 0 Å². The molecule has 110 valence electrons. The van der Waals surface area contributed by atoms with E-state index in [1.807, 2.05) is 52.8 Å². The second-order valence-electron chi connectivity index (χ2n) is 6.25. The first-order valence-corrected chi connectivity index (χ1v) is 6.80. The number of hydrogen-bond donors (Lipinski definition) is 2. The van der Waals surface area contributed by atoms with Crippen molar-refractivity contribution >= 4 is 17.5 Å². The van der Waals surface area contributed by atoms with Crippen LogP contribution in [0.4, 0.5) is 5.69 Å². The Morgan fingerprint density at radius 1 is 1.15 bits per heavy atom. The number of nitrogens with one attached hydrogen (secondary N) is 2. The molecule has 1 rings (SSSR count). The summed E-state index contributed by atoms with van der Waals surface area (Å²) in [4.78, 5) is 24.0. The quantitative estimate of drug-likeness (QED) is 0.892. The van der Waals surface area contributed by atoms with E-state index in [1.165, 1.54) is 0 Å². The number of carbonyl (C=O) groups is 2. The van der Waals surface area contributed by atoms with Crippen LogP contribution < -0.4 is 10.6 Å². The van der Waals surface area contributed by atoms with Gasteiger partial charge in [0.25, 0.3) is 0 Å². The van der Waals surface area contributed by atoms with Crippen LogP contribution >= 0.6 is 0 Å². The minimum absolute atomic E-state index is 0.138. The number of hydrogen-bond acceptors (Lipinski definition) is 2. The molecule has 20 heavy (non-hydrogen) atoms. The van der Waals surface area contributed by atoms with E-state index < -0.39 is 11.5 Å². The minimum Gasteiger partial charge on any atom is -0.344 e. The molecular weight excluding hydrogens is 252 g/mol. The average Bonchev–Trinajstić information content (AvgIpc) is 2.32. The van der Waals surface area contributed by atoms with E-state index in [4.69, 9.17) is 0 Å². The van der Waals surface area contributed by atoms with Gasteiger partial charge in [0.1, 0.15) is 6.04 Å². The molecule has 4 heteroatoms. The van der Waals surface area contributed by atoms with Gasteiger partial charge in [-0.05, 0) is 38.0 Å². The molecule has 0 radical (unpaired) electrons. The van der Waals surface area contributed by atoms with Crippen LogP contribution in [0.3, 0.4) is 0 Å². The van der Waals surface area contributed by atoms with Gasteiger partial charge in [0, 0.05) is 11.1 Å². The Balaban J connectivity index is 2.71. The van der Waals surface area contributed by atoms with Crippen molar-refractivity contribution in [1.29, 1.82) is 0 Å². The molecule has 1 aromatic rings. The summed E-state index contributed by atoms with van der Waals surface area (Å²) < 4.78 is 0. The van der Waals surface area contributed by atoms with Gasteiger partial charge in [0.15, 0.2) is 0 Å². The molecule has 1 atom stereocenters. The van der Waals surface area contributed by atoms with E-state index in [-0.39, 0.29) is 11.8 Å². The van der Waals surface area contributed by atoms with Gasteiger partial charge in [0.2, 0.25) is 11.8 Å². The van der Waals surface area contributed by atoms with E-state index in [0.717, 1.165) is 16.8 Å². The van der Waals surface area contributed by atoms with Crippen molar-refractivity contribution in [2.45, 2.75) is 47.6 Å². The molecule has 4 nitrogen and oxygen atoms in total. The van der Waals surface area contributed by atoms with Gasteiger partial charge in [-0.15, -0.1) is 0 Å². The first-order valence-electron chi connectivity index (χ1n) is 6.80. The highest BCUT2D eigenvalue weighted by molar-refractivity contribution is 5.98. The number of amides is 2. The lowest BCUT2D eigenvalue weighted by molar-refractivity contribution is -0.131. The normalized spacial score (nSPS) is 12.7. The number of anilines is 1. The molecule has 0 aliphatic rings. The molecular formula is C16H24N2O2. The molecule has 2 amide bonds. The number of rotatable bonds is 3. The Morgan fingerprint density at radius 3 is 2.30 bits per heavy atom. The zero-order valence-electron chi connectivity index (χ0n) is 13.1. The monoisotopic (exact) mass is 276 g/mol. The molecule has 2 N–H and O–H groups in total.